The first-order valence-corrected chi connectivity index (χ1v) is 6.60. The quantitative estimate of drug-likeness (QED) is 0.754. The zero-order chi connectivity index (χ0) is 14.3. The standard InChI is InChI=1S/C14H18ClNO3/c1-10(17)9-16-14(19)4-2-3-13(18)11-5-7-12(15)8-6-11/h5-8,10,17H,2-4,9H2,1H3,(H,16,19). The van der Waals surface area contributed by atoms with Gasteiger partial charge in [-0.3, -0.25) is 9.59 Å². The van der Waals surface area contributed by atoms with Crippen LogP contribution in [-0.2, 0) is 4.79 Å². The van der Waals surface area contributed by atoms with E-state index >= 15 is 0 Å². The molecule has 19 heavy (non-hydrogen) atoms. The highest BCUT2D eigenvalue weighted by molar-refractivity contribution is 6.30. The molecule has 0 saturated carbocycles. The minimum Gasteiger partial charge on any atom is -0.392 e. The van der Waals surface area contributed by atoms with Crippen LogP contribution in [0.5, 0.6) is 0 Å². The summed E-state index contributed by atoms with van der Waals surface area (Å²) in [5.41, 5.74) is 0.605. The molecule has 0 fully saturated rings. The first kappa shape index (κ1) is 15.7. The maximum absolute atomic E-state index is 11.8. The third kappa shape index (κ3) is 6.36. The second-order valence-corrected chi connectivity index (χ2v) is 4.87. The van der Waals surface area contributed by atoms with Crippen molar-refractivity contribution < 1.29 is 14.7 Å². The van der Waals surface area contributed by atoms with Crippen molar-refractivity contribution in [3.63, 3.8) is 0 Å². The van der Waals surface area contributed by atoms with Crippen LogP contribution >= 0.6 is 11.6 Å². The SMILES string of the molecule is CC(O)CNC(=O)CCCC(=O)c1ccc(Cl)cc1. The minimum absolute atomic E-state index is 0.00000656. The molecule has 5 heteroatoms. The van der Waals surface area contributed by atoms with Gasteiger partial charge in [-0.25, -0.2) is 0 Å². The fourth-order valence-corrected chi connectivity index (χ4v) is 1.67. The molecule has 0 aliphatic heterocycles. The van der Waals surface area contributed by atoms with Gasteiger partial charge in [0.05, 0.1) is 6.10 Å². The van der Waals surface area contributed by atoms with E-state index in [0.717, 1.165) is 0 Å². The number of hydrogen-bond acceptors (Lipinski definition) is 3. The number of carbonyl (C=O) groups is 2. The number of hydrogen-bond donors (Lipinski definition) is 2. The Morgan fingerprint density at radius 1 is 1.26 bits per heavy atom. The summed E-state index contributed by atoms with van der Waals surface area (Å²) in [5.74, 6) is -0.148. The lowest BCUT2D eigenvalue weighted by atomic mass is 10.1. The zero-order valence-electron chi connectivity index (χ0n) is 10.9. The topological polar surface area (TPSA) is 66.4 Å². The molecule has 0 saturated heterocycles. The summed E-state index contributed by atoms with van der Waals surface area (Å²) in [5, 5.41) is 12.2. The van der Waals surface area contributed by atoms with Crippen LogP contribution in [-0.4, -0.2) is 29.4 Å². The van der Waals surface area contributed by atoms with E-state index in [1.807, 2.05) is 0 Å². The lowest BCUT2D eigenvalue weighted by Gasteiger charge is -2.06. The number of aliphatic hydroxyl groups excluding tert-OH is 1. The van der Waals surface area contributed by atoms with Gasteiger partial charge in [-0.05, 0) is 37.6 Å². The zero-order valence-corrected chi connectivity index (χ0v) is 11.6. The minimum atomic E-state index is -0.556. The molecule has 0 aromatic heterocycles. The molecule has 0 aliphatic carbocycles. The maximum atomic E-state index is 11.8. The Labute approximate surface area is 117 Å². The monoisotopic (exact) mass is 283 g/mol. The summed E-state index contributed by atoms with van der Waals surface area (Å²) in [6, 6.07) is 6.70. The Balaban J connectivity index is 2.27. The van der Waals surface area contributed by atoms with Gasteiger partial charge in [-0.15, -0.1) is 0 Å². The van der Waals surface area contributed by atoms with Gasteiger partial charge in [0.25, 0.3) is 0 Å². The Bertz CT molecular complexity index is 429. The molecule has 0 aliphatic rings. The van der Waals surface area contributed by atoms with Gasteiger partial charge in [0, 0.05) is 30.0 Å². The summed E-state index contributed by atoms with van der Waals surface area (Å²) < 4.78 is 0. The van der Waals surface area contributed by atoms with Crippen LogP contribution in [0.1, 0.15) is 36.5 Å². The van der Waals surface area contributed by atoms with E-state index in [9.17, 15) is 9.59 Å². The van der Waals surface area contributed by atoms with Crippen molar-refractivity contribution in [3.05, 3.63) is 34.9 Å². The van der Waals surface area contributed by atoms with Crippen molar-refractivity contribution in [1.29, 1.82) is 0 Å². The van der Waals surface area contributed by atoms with E-state index in [2.05, 4.69) is 5.32 Å². The molecule has 1 aromatic carbocycles. The molecule has 0 heterocycles. The summed E-state index contributed by atoms with van der Waals surface area (Å²) in [4.78, 5) is 23.1. The van der Waals surface area contributed by atoms with Gasteiger partial charge in [-0.1, -0.05) is 11.6 Å². The highest BCUT2D eigenvalue weighted by Crippen LogP contribution is 2.12. The molecule has 1 amide bonds. The second-order valence-electron chi connectivity index (χ2n) is 4.44. The van der Waals surface area contributed by atoms with Crippen LogP contribution in [0, 0.1) is 0 Å². The lowest BCUT2D eigenvalue weighted by molar-refractivity contribution is -0.121. The highest BCUT2D eigenvalue weighted by Gasteiger charge is 2.08. The fraction of sp³-hybridized carbons (Fsp3) is 0.429. The van der Waals surface area contributed by atoms with Crippen LogP contribution in [0.25, 0.3) is 0 Å². The Kier molecular flexibility index (Phi) is 6.53. The van der Waals surface area contributed by atoms with Crippen LogP contribution in [0.4, 0.5) is 0 Å². The molecule has 0 spiro atoms. The molecule has 2 N–H and O–H groups in total. The smallest absolute Gasteiger partial charge is 0.220 e. The van der Waals surface area contributed by atoms with E-state index in [1.54, 1.807) is 31.2 Å². The Hall–Kier alpha value is -1.39. The largest absolute Gasteiger partial charge is 0.392 e. The number of nitrogens with one attached hydrogen (secondary N) is 1. The van der Waals surface area contributed by atoms with Gasteiger partial charge in [0.15, 0.2) is 5.78 Å². The number of carbonyl (C=O) groups excluding carboxylic acids is 2. The van der Waals surface area contributed by atoms with Gasteiger partial charge in [0.1, 0.15) is 0 Å². The van der Waals surface area contributed by atoms with Crippen molar-refractivity contribution in [2.45, 2.75) is 32.3 Å². The normalized spacial score (nSPS) is 11.9. The highest BCUT2D eigenvalue weighted by atomic mass is 35.5. The van der Waals surface area contributed by atoms with Crippen molar-refractivity contribution >= 4 is 23.3 Å². The fourth-order valence-electron chi connectivity index (χ4n) is 1.54. The van der Waals surface area contributed by atoms with Gasteiger partial charge in [-0.2, -0.15) is 0 Å². The van der Waals surface area contributed by atoms with Crippen molar-refractivity contribution in [1.82, 2.24) is 5.32 Å². The number of benzene rings is 1. The first-order valence-electron chi connectivity index (χ1n) is 6.22. The lowest BCUT2D eigenvalue weighted by Crippen LogP contribution is -2.30. The average molecular weight is 284 g/mol. The molecule has 104 valence electrons. The third-order valence-corrected chi connectivity index (χ3v) is 2.82. The molecule has 4 nitrogen and oxygen atoms in total. The predicted octanol–water partition coefficient (Wildman–Crippen LogP) is 2.19. The second kappa shape index (κ2) is 7.92. The Morgan fingerprint density at radius 2 is 1.89 bits per heavy atom. The van der Waals surface area contributed by atoms with E-state index in [1.165, 1.54) is 0 Å². The van der Waals surface area contributed by atoms with E-state index in [-0.39, 0.29) is 24.7 Å². The summed E-state index contributed by atoms with van der Waals surface area (Å²) in [6.45, 7) is 1.84. The number of halogens is 1. The maximum Gasteiger partial charge on any atom is 0.220 e. The van der Waals surface area contributed by atoms with Crippen LogP contribution in [0.2, 0.25) is 5.02 Å². The summed E-state index contributed by atoms with van der Waals surface area (Å²) in [7, 11) is 0. The van der Waals surface area contributed by atoms with Crippen LogP contribution in [0.3, 0.4) is 0 Å². The van der Waals surface area contributed by atoms with Gasteiger partial charge in [0.2, 0.25) is 5.91 Å². The Morgan fingerprint density at radius 3 is 2.47 bits per heavy atom. The molecule has 1 aromatic rings. The first-order chi connectivity index (χ1) is 8.99. The van der Waals surface area contributed by atoms with Crippen molar-refractivity contribution in [2.24, 2.45) is 0 Å². The number of rotatable bonds is 7. The van der Waals surface area contributed by atoms with Crippen LogP contribution < -0.4 is 5.32 Å². The summed E-state index contributed by atoms with van der Waals surface area (Å²) in [6.07, 6.45) is 0.544. The van der Waals surface area contributed by atoms with Gasteiger partial charge >= 0.3 is 0 Å². The number of Topliss-reactive ketones (excluding diaryl/α,β-unsaturated/α-hetero) is 1. The van der Waals surface area contributed by atoms with E-state index in [0.29, 0.717) is 23.4 Å². The molecule has 0 bridgehead atoms. The third-order valence-electron chi connectivity index (χ3n) is 2.57. The molecular formula is C14H18ClNO3. The van der Waals surface area contributed by atoms with E-state index in [4.69, 9.17) is 16.7 Å². The number of amides is 1. The average Bonchev–Trinajstić information content (AvgIpc) is 2.37. The van der Waals surface area contributed by atoms with Crippen molar-refractivity contribution in [2.75, 3.05) is 6.54 Å². The number of aliphatic hydroxyl groups is 1. The van der Waals surface area contributed by atoms with Gasteiger partial charge < -0.3 is 10.4 Å². The molecule has 1 atom stereocenters. The van der Waals surface area contributed by atoms with Crippen LogP contribution in [0.15, 0.2) is 24.3 Å². The molecule has 1 unspecified atom stereocenters. The predicted molar refractivity (Wildman–Crippen MR) is 74.3 cm³/mol. The van der Waals surface area contributed by atoms with Crippen molar-refractivity contribution in [3.8, 4) is 0 Å². The molecule has 0 radical (unpaired) electrons. The molecule has 1 rings (SSSR count). The molecular weight excluding hydrogens is 266 g/mol. The number of ketones is 1. The van der Waals surface area contributed by atoms with E-state index < -0.39 is 6.10 Å². The summed E-state index contributed by atoms with van der Waals surface area (Å²) >= 11 is 5.74.